The van der Waals surface area contributed by atoms with Crippen LogP contribution in [0.1, 0.15) is 28.8 Å². The predicted octanol–water partition coefficient (Wildman–Crippen LogP) is 2.65. The summed E-state index contributed by atoms with van der Waals surface area (Å²) in [6, 6.07) is 16.5. The van der Waals surface area contributed by atoms with Gasteiger partial charge in [-0.2, -0.15) is 17.0 Å². The molecule has 0 saturated heterocycles. The van der Waals surface area contributed by atoms with Crippen molar-refractivity contribution in [3.63, 3.8) is 0 Å². The van der Waals surface area contributed by atoms with Gasteiger partial charge in [-0.05, 0) is 37.0 Å². The minimum Gasteiger partial charge on any atom is -0.491 e. The lowest BCUT2D eigenvalue weighted by atomic mass is 10.1. The summed E-state index contributed by atoms with van der Waals surface area (Å²) < 4.78 is 35.3. The van der Waals surface area contributed by atoms with Gasteiger partial charge in [-0.15, -0.1) is 0 Å². The number of carbonyl (C=O) groups excluding carboxylic acids is 1. The number of rotatable bonds is 4. The summed E-state index contributed by atoms with van der Waals surface area (Å²) in [7, 11) is 1.21. The van der Waals surface area contributed by atoms with Crippen molar-refractivity contribution in [1.82, 2.24) is 13.5 Å². The molecular formula is C23H31N3O4S. The fourth-order valence-electron chi connectivity index (χ4n) is 3.71. The standard InChI is InChI=1S/C23H31N3O4S/c1-24(2)31(28,29)26-16-10-9-15-25(3)23(27)21-13-7-8-14-22(21)30-18-20(26)17-19-11-5-4-6-12-19/h4-8,11-14,20H,9-10,15-18H2,1-3H3/t20-/m0/s1. The van der Waals surface area contributed by atoms with E-state index in [1.807, 2.05) is 42.5 Å². The number of hydrogen-bond donors (Lipinski definition) is 0. The Morgan fingerprint density at radius 2 is 1.65 bits per heavy atom. The normalized spacial score (nSPS) is 19.3. The van der Waals surface area contributed by atoms with Gasteiger partial charge in [-0.25, -0.2) is 0 Å². The Balaban J connectivity index is 1.99. The highest BCUT2D eigenvalue weighted by molar-refractivity contribution is 7.86. The molecular weight excluding hydrogens is 414 g/mol. The first-order chi connectivity index (χ1) is 14.8. The van der Waals surface area contributed by atoms with Crippen LogP contribution in [0.25, 0.3) is 0 Å². The molecule has 168 valence electrons. The molecule has 0 aromatic heterocycles. The fourth-order valence-corrected chi connectivity index (χ4v) is 5.00. The van der Waals surface area contributed by atoms with Gasteiger partial charge in [0.15, 0.2) is 0 Å². The molecule has 1 heterocycles. The maximum atomic E-state index is 13.2. The van der Waals surface area contributed by atoms with E-state index in [9.17, 15) is 13.2 Å². The Labute approximate surface area is 185 Å². The van der Waals surface area contributed by atoms with Crippen LogP contribution in [0.15, 0.2) is 54.6 Å². The third-order valence-corrected chi connectivity index (χ3v) is 7.49. The number of carbonyl (C=O) groups is 1. The minimum atomic E-state index is -3.65. The van der Waals surface area contributed by atoms with Crippen LogP contribution in [0.2, 0.25) is 0 Å². The first kappa shape index (κ1) is 23.2. The number of benzene rings is 2. The molecule has 2 aromatic rings. The van der Waals surface area contributed by atoms with Gasteiger partial charge in [-0.3, -0.25) is 4.79 Å². The SMILES string of the molecule is CN1CCCCN(S(=O)(=O)N(C)C)[C@@H](Cc2ccccc2)COc2ccccc2C1=O. The second-order valence-electron chi connectivity index (χ2n) is 7.99. The molecule has 1 aliphatic rings. The summed E-state index contributed by atoms with van der Waals surface area (Å²) in [5.41, 5.74) is 1.53. The Bertz CT molecular complexity index is 979. The van der Waals surface area contributed by atoms with Crippen molar-refractivity contribution in [1.29, 1.82) is 0 Å². The third kappa shape index (κ3) is 5.64. The zero-order valence-corrected chi connectivity index (χ0v) is 19.2. The maximum Gasteiger partial charge on any atom is 0.281 e. The average molecular weight is 446 g/mol. The number of fused-ring (bicyclic) bond motifs is 1. The van der Waals surface area contributed by atoms with E-state index < -0.39 is 16.3 Å². The van der Waals surface area contributed by atoms with Gasteiger partial charge in [-0.1, -0.05) is 42.5 Å². The largest absolute Gasteiger partial charge is 0.491 e. The molecule has 0 N–H and O–H groups in total. The molecule has 0 bridgehead atoms. The molecule has 0 radical (unpaired) electrons. The van der Waals surface area contributed by atoms with Crippen molar-refractivity contribution in [2.45, 2.75) is 25.3 Å². The third-order valence-electron chi connectivity index (χ3n) is 5.50. The molecule has 2 aromatic carbocycles. The van der Waals surface area contributed by atoms with E-state index in [1.165, 1.54) is 4.31 Å². The second-order valence-corrected chi connectivity index (χ2v) is 10.1. The molecule has 1 amide bonds. The van der Waals surface area contributed by atoms with Gasteiger partial charge >= 0.3 is 0 Å². The van der Waals surface area contributed by atoms with Crippen LogP contribution < -0.4 is 4.74 Å². The van der Waals surface area contributed by atoms with E-state index in [2.05, 4.69) is 0 Å². The number of amides is 1. The topological polar surface area (TPSA) is 70.2 Å². The Morgan fingerprint density at radius 3 is 2.35 bits per heavy atom. The van der Waals surface area contributed by atoms with Crippen LogP contribution in [0.5, 0.6) is 5.75 Å². The molecule has 0 saturated carbocycles. The number of para-hydroxylation sites is 1. The molecule has 7 nitrogen and oxygen atoms in total. The Hall–Kier alpha value is -2.42. The highest BCUT2D eigenvalue weighted by atomic mass is 32.2. The lowest BCUT2D eigenvalue weighted by molar-refractivity contribution is 0.0781. The van der Waals surface area contributed by atoms with Crippen molar-refractivity contribution in [3.8, 4) is 5.75 Å². The van der Waals surface area contributed by atoms with Crippen LogP contribution in [0.3, 0.4) is 0 Å². The quantitative estimate of drug-likeness (QED) is 0.726. The summed E-state index contributed by atoms with van der Waals surface area (Å²) in [6.45, 7) is 1.06. The smallest absolute Gasteiger partial charge is 0.281 e. The highest BCUT2D eigenvalue weighted by Gasteiger charge is 2.33. The van der Waals surface area contributed by atoms with Crippen molar-refractivity contribution in [2.75, 3.05) is 40.8 Å². The molecule has 0 spiro atoms. The first-order valence-electron chi connectivity index (χ1n) is 10.5. The molecule has 8 heteroatoms. The van der Waals surface area contributed by atoms with Crippen LogP contribution >= 0.6 is 0 Å². The van der Waals surface area contributed by atoms with Crippen LogP contribution in [-0.4, -0.2) is 74.7 Å². The van der Waals surface area contributed by atoms with Gasteiger partial charge in [0.05, 0.1) is 11.6 Å². The van der Waals surface area contributed by atoms with E-state index in [4.69, 9.17) is 4.74 Å². The van der Waals surface area contributed by atoms with Crippen molar-refractivity contribution in [2.24, 2.45) is 0 Å². The predicted molar refractivity (Wildman–Crippen MR) is 121 cm³/mol. The molecule has 3 rings (SSSR count). The molecule has 1 atom stereocenters. The van der Waals surface area contributed by atoms with Gasteiger partial charge in [0, 0.05) is 34.2 Å². The summed E-state index contributed by atoms with van der Waals surface area (Å²) in [5, 5.41) is 0. The van der Waals surface area contributed by atoms with Gasteiger partial charge in [0.2, 0.25) is 0 Å². The van der Waals surface area contributed by atoms with E-state index in [-0.39, 0.29) is 12.5 Å². The van der Waals surface area contributed by atoms with Crippen LogP contribution in [-0.2, 0) is 16.6 Å². The summed E-state index contributed by atoms with van der Waals surface area (Å²) in [6.07, 6.45) is 1.88. The van der Waals surface area contributed by atoms with Gasteiger partial charge in [0.25, 0.3) is 16.1 Å². The molecule has 0 aliphatic carbocycles. The monoisotopic (exact) mass is 445 g/mol. The van der Waals surface area contributed by atoms with Gasteiger partial charge in [0.1, 0.15) is 12.4 Å². The number of hydrogen-bond acceptors (Lipinski definition) is 4. The van der Waals surface area contributed by atoms with Crippen molar-refractivity contribution < 1.29 is 17.9 Å². The maximum absolute atomic E-state index is 13.2. The molecule has 1 aliphatic heterocycles. The number of nitrogens with zero attached hydrogens (tertiary/aromatic N) is 3. The van der Waals surface area contributed by atoms with E-state index in [0.29, 0.717) is 43.7 Å². The summed E-state index contributed by atoms with van der Waals surface area (Å²) in [4.78, 5) is 14.5. The fraction of sp³-hybridized carbons (Fsp3) is 0.435. The highest BCUT2D eigenvalue weighted by Crippen LogP contribution is 2.23. The van der Waals surface area contributed by atoms with Gasteiger partial charge < -0.3 is 9.64 Å². The Kier molecular flexibility index (Phi) is 7.69. The Morgan fingerprint density at radius 1 is 1.00 bits per heavy atom. The average Bonchev–Trinajstić information content (AvgIpc) is 2.76. The van der Waals surface area contributed by atoms with E-state index in [0.717, 1.165) is 5.56 Å². The lowest BCUT2D eigenvalue weighted by Gasteiger charge is -2.33. The molecule has 0 fully saturated rings. The van der Waals surface area contributed by atoms with E-state index in [1.54, 1.807) is 42.5 Å². The minimum absolute atomic E-state index is 0.0893. The second kappa shape index (κ2) is 10.3. The van der Waals surface area contributed by atoms with Crippen molar-refractivity contribution >= 4 is 16.1 Å². The molecule has 31 heavy (non-hydrogen) atoms. The summed E-state index contributed by atoms with van der Waals surface area (Å²) >= 11 is 0. The zero-order valence-electron chi connectivity index (χ0n) is 18.4. The zero-order chi connectivity index (χ0) is 22.4. The lowest BCUT2D eigenvalue weighted by Crippen LogP contribution is -2.50. The molecule has 0 unspecified atom stereocenters. The number of ether oxygens (including phenoxy) is 1. The van der Waals surface area contributed by atoms with E-state index >= 15 is 0 Å². The van der Waals surface area contributed by atoms with Crippen molar-refractivity contribution in [3.05, 3.63) is 65.7 Å². The first-order valence-corrected chi connectivity index (χ1v) is 11.9. The van der Waals surface area contributed by atoms with Crippen LogP contribution in [0, 0.1) is 0 Å². The summed E-state index contributed by atoms with van der Waals surface area (Å²) in [5.74, 6) is 0.383. The van der Waals surface area contributed by atoms with Crippen LogP contribution in [0.4, 0.5) is 0 Å².